The summed E-state index contributed by atoms with van der Waals surface area (Å²) in [5, 5.41) is 11.3. The summed E-state index contributed by atoms with van der Waals surface area (Å²) in [4.78, 5) is 27.7. The molecule has 33 heavy (non-hydrogen) atoms. The topological polar surface area (TPSA) is 94.5 Å². The number of nitrogens with zero attached hydrogens (tertiary/aromatic N) is 1. The van der Waals surface area contributed by atoms with Crippen LogP contribution in [-0.4, -0.2) is 55.7 Å². The molecule has 0 radical (unpaired) electrons. The van der Waals surface area contributed by atoms with E-state index in [9.17, 15) is 14.7 Å². The van der Waals surface area contributed by atoms with Crippen molar-refractivity contribution in [3.63, 3.8) is 0 Å². The van der Waals surface area contributed by atoms with Crippen LogP contribution >= 0.6 is 0 Å². The number of aliphatic hydroxyl groups is 1. The van der Waals surface area contributed by atoms with Gasteiger partial charge in [0.15, 0.2) is 11.5 Å². The van der Waals surface area contributed by atoms with E-state index in [0.717, 1.165) is 12.8 Å². The molecule has 1 saturated heterocycles. The molecule has 174 valence electrons. The summed E-state index contributed by atoms with van der Waals surface area (Å²) in [7, 11) is 2.99. The van der Waals surface area contributed by atoms with Crippen LogP contribution in [0.25, 0.3) is 5.76 Å². The molecule has 2 heterocycles. The molecule has 0 bridgehead atoms. The van der Waals surface area contributed by atoms with Gasteiger partial charge in [-0.3, -0.25) is 9.59 Å². The van der Waals surface area contributed by atoms with E-state index in [0.29, 0.717) is 53.9 Å². The highest BCUT2D eigenvalue weighted by molar-refractivity contribution is 6.46. The van der Waals surface area contributed by atoms with E-state index in [1.165, 1.54) is 19.1 Å². The van der Waals surface area contributed by atoms with E-state index < -0.39 is 17.7 Å². The zero-order valence-corrected chi connectivity index (χ0v) is 18.9. The lowest BCUT2D eigenvalue weighted by atomic mass is 9.94. The standard InChI is InChI=1S/C25H27NO7/c1-4-5-10-26-22(15-6-9-18-20(13-15)33-12-11-32-18)21(24(28)25(26)29)23(27)17-8-7-16(30-2)14-19(17)31-3/h6-9,13-14,22,27H,4-5,10-12H2,1-3H3/b23-21-. The van der Waals surface area contributed by atoms with Crippen LogP contribution < -0.4 is 18.9 Å². The maximum absolute atomic E-state index is 13.2. The Bertz CT molecular complexity index is 1110. The van der Waals surface area contributed by atoms with Crippen molar-refractivity contribution in [2.75, 3.05) is 34.0 Å². The Kier molecular flexibility index (Phi) is 6.44. The first-order valence-electron chi connectivity index (χ1n) is 10.9. The van der Waals surface area contributed by atoms with Crippen molar-refractivity contribution >= 4 is 17.4 Å². The van der Waals surface area contributed by atoms with Crippen molar-refractivity contribution in [3.8, 4) is 23.0 Å². The minimum absolute atomic E-state index is 0.0104. The van der Waals surface area contributed by atoms with Crippen molar-refractivity contribution in [2.24, 2.45) is 0 Å². The lowest BCUT2D eigenvalue weighted by Gasteiger charge is -2.27. The van der Waals surface area contributed by atoms with Crippen molar-refractivity contribution in [3.05, 3.63) is 53.1 Å². The number of carbonyl (C=O) groups is 2. The van der Waals surface area contributed by atoms with Crippen LogP contribution in [0.4, 0.5) is 0 Å². The third-order valence-corrected chi connectivity index (χ3v) is 5.84. The van der Waals surface area contributed by atoms with Crippen LogP contribution in [-0.2, 0) is 9.59 Å². The number of hydrogen-bond donors (Lipinski definition) is 1. The average Bonchev–Trinajstić information content (AvgIpc) is 3.11. The number of unbranched alkanes of at least 4 members (excludes halogenated alkanes) is 1. The molecule has 1 atom stereocenters. The summed E-state index contributed by atoms with van der Waals surface area (Å²) in [6, 6.07) is 9.43. The third-order valence-electron chi connectivity index (χ3n) is 5.84. The van der Waals surface area contributed by atoms with Crippen LogP contribution in [0.3, 0.4) is 0 Å². The second-order valence-electron chi connectivity index (χ2n) is 7.82. The molecule has 1 amide bonds. The molecule has 1 N–H and O–H groups in total. The second-order valence-corrected chi connectivity index (χ2v) is 7.82. The molecule has 8 heteroatoms. The molecule has 0 saturated carbocycles. The van der Waals surface area contributed by atoms with Gasteiger partial charge in [-0.2, -0.15) is 0 Å². The molecule has 2 aliphatic rings. The van der Waals surface area contributed by atoms with E-state index in [1.807, 2.05) is 6.92 Å². The molecule has 0 aromatic heterocycles. The van der Waals surface area contributed by atoms with Gasteiger partial charge >= 0.3 is 0 Å². The third kappa shape index (κ3) is 4.08. The lowest BCUT2D eigenvalue weighted by molar-refractivity contribution is -0.139. The number of carbonyl (C=O) groups excluding carboxylic acids is 2. The fraction of sp³-hybridized carbons (Fsp3) is 0.360. The summed E-state index contributed by atoms with van der Waals surface area (Å²) in [6.07, 6.45) is 1.57. The van der Waals surface area contributed by atoms with Crippen LogP contribution in [0.2, 0.25) is 0 Å². The molecule has 0 spiro atoms. The van der Waals surface area contributed by atoms with Gasteiger partial charge in [0.05, 0.1) is 31.4 Å². The van der Waals surface area contributed by atoms with Gasteiger partial charge in [-0.15, -0.1) is 0 Å². The van der Waals surface area contributed by atoms with Gasteiger partial charge in [0, 0.05) is 12.6 Å². The first kappa shape index (κ1) is 22.5. The largest absolute Gasteiger partial charge is 0.507 e. The van der Waals surface area contributed by atoms with E-state index in [1.54, 1.807) is 36.4 Å². The molecular formula is C25H27NO7. The van der Waals surface area contributed by atoms with E-state index in [2.05, 4.69) is 0 Å². The Morgan fingerprint density at radius 1 is 1.06 bits per heavy atom. The van der Waals surface area contributed by atoms with Crippen LogP contribution in [0.5, 0.6) is 23.0 Å². The first-order valence-corrected chi connectivity index (χ1v) is 10.9. The van der Waals surface area contributed by atoms with Gasteiger partial charge in [0.25, 0.3) is 11.7 Å². The molecule has 4 rings (SSSR count). The van der Waals surface area contributed by atoms with Crippen molar-refractivity contribution in [1.29, 1.82) is 0 Å². The Balaban J connectivity index is 1.87. The molecule has 2 aromatic rings. The van der Waals surface area contributed by atoms with Gasteiger partial charge in [-0.1, -0.05) is 19.4 Å². The van der Waals surface area contributed by atoms with Crippen molar-refractivity contribution < 1.29 is 33.6 Å². The molecule has 2 aromatic carbocycles. The molecule has 2 aliphatic heterocycles. The maximum Gasteiger partial charge on any atom is 0.295 e. The molecule has 8 nitrogen and oxygen atoms in total. The number of ketones is 1. The van der Waals surface area contributed by atoms with Crippen LogP contribution in [0, 0.1) is 0 Å². The predicted octanol–water partition coefficient (Wildman–Crippen LogP) is 3.70. The number of aliphatic hydroxyl groups excluding tert-OH is 1. The first-order chi connectivity index (χ1) is 16.0. The van der Waals surface area contributed by atoms with Crippen LogP contribution in [0.15, 0.2) is 42.0 Å². The minimum Gasteiger partial charge on any atom is -0.507 e. The van der Waals surface area contributed by atoms with E-state index >= 15 is 0 Å². The van der Waals surface area contributed by atoms with Gasteiger partial charge in [0.1, 0.15) is 30.5 Å². The highest BCUT2D eigenvalue weighted by Crippen LogP contribution is 2.44. The summed E-state index contributed by atoms with van der Waals surface area (Å²) >= 11 is 0. The minimum atomic E-state index is -0.765. The summed E-state index contributed by atoms with van der Waals surface area (Å²) in [5.41, 5.74) is 0.967. The van der Waals surface area contributed by atoms with E-state index in [-0.39, 0.29) is 11.3 Å². The molecular weight excluding hydrogens is 426 g/mol. The number of methoxy groups -OCH3 is 2. The fourth-order valence-electron chi connectivity index (χ4n) is 4.15. The Morgan fingerprint density at radius 3 is 2.52 bits per heavy atom. The van der Waals surface area contributed by atoms with Gasteiger partial charge in [-0.05, 0) is 36.2 Å². The highest BCUT2D eigenvalue weighted by Gasteiger charge is 2.46. The quantitative estimate of drug-likeness (QED) is 0.388. The Labute approximate surface area is 192 Å². The van der Waals surface area contributed by atoms with Crippen molar-refractivity contribution in [1.82, 2.24) is 4.90 Å². The zero-order chi connectivity index (χ0) is 23.5. The Morgan fingerprint density at radius 2 is 1.82 bits per heavy atom. The number of benzene rings is 2. The van der Waals surface area contributed by atoms with Gasteiger partial charge in [0.2, 0.25) is 0 Å². The second kappa shape index (κ2) is 9.44. The number of Topliss-reactive ketones (excluding diaryl/α,β-unsaturated/α-hetero) is 1. The number of rotatable bonds is 7. The SMILES string of the molecule is CCCCN1C(=O)C(=O)/C(=C(\O)c2ccc(OC)cc2OC)C1c1ccc2c(c1)OCCO2. The summed E-state index contributed by atoms with van der Waals surface area (Å²) in [5.74, 6) is 0.336. The lowest BCUT2D eigenvalue weighted by Crippen LogP contribution is -2.30. The molecule has 1 unspecified atom stereocenters. The highest BCUT2D eigenvalue weighted by atomic mass is 16.6. The maximum atomic E-state index is 13.2. The van der Waals surface area contributed by atoms with E-state index in [4.69, 9.17) is 18.9 Å². The van der Waals surface area contributed by atoms with Gasteiger partial charge < -0.3 is 29.0 Å². The normalized spacial score (nSPS) is 19.0. The number of likely N-dealkylation sites (tertiary alicyclic amines) is 1. The smallest absolute Gasteiger partial charge is 0.295 e. The van der Waals surface area contributed by atoms with Gasteiger partial charge in [-0.25, -0.2) is 0 Å². The number of hydrogen-bond acceptors (Lipinski definition) is 7. The fourth-order valence-corrected chi connectivity index (χ4v) is 4.15. The van der Waals surface area contributed by atoms with Crippen molar-refractivity contribution in [2.45, 2.75) is 25.8 Å². The monoisotopic (exact) mass is 453 g/mol. The number of fused-ring (bicyclic) bond motifs is 1. The zero-order valence-electron chi connectivity index (χ0n) is 18.9. The predicted molar refractivity (Wildman–Crippen MR) is 121 cm³/mol. The Hall–Kier alpha value is -3.68. The summed E-state index contributed by atoms with van der Waals surface area (Å²) in [6.45, 7) is 3.27. The molecule has 0 aliphatic carbocycles. The molecule has 1 fully saturated rings. The summed E-state index contributed by atoms with van der Waals surface area (Å²) < 4.78 is 22.0. The van der Waals surface area contributed by atoms with Crippen LogP contribution in [0.1, 0.15) is 36.9 Å². The number of amides is 1. The number of ether oxygens (including phenoxy) is 4. The average molecular weight is 453 g/mol.